The smallest absolute Gasteiger partial charge is 0.115 e. The number of phenolic OH excluding ortho intramolecular Hbond substituents is 3. The van der Waals surface area contributed by atoms with Gasteiger partial charge in [-0.3, -0.25) is 0 Å². The maximum atomic E-state index is 8.63. The quantitative estimate of drug-likeness (QED) is 0.0805. The summed E-state index contributed by atoms with van der Waals surface area (Å²) in [6.07, 6.45) is 5.62. The van der Waals surface area contributed by atoms with Crippen molar-refractivity contribution in [1.82, 2.24) is 0 Å². The van der Waals surface area contributed by atoms with E-state index in [0.29, 0.717) is 74.6 Å². The van der Waals surface area contributed by atoms with E-state index < -0.39 is 16.8 Å². The summed E-state index contributed by atoms with van der Waals surface area (Å²) >= 11 is 0. The van der Waals surface area contributed by atoms with Gasteiger partial charge in [0.2, 0.25) is 0 Å². The minimum absolute atomic E-state index is 0. The summed E-state index contributed by atoms with van der Waals surface area (Å²) in [6, 6.07) is 26.1. The first-order chi connectivity index (χ1) is 43.2. The van der Waals surface area contributed by atoms with Crippen LogP contribution in [0.15, 0.2) is 91.0 Å². The Morgan fingerprint density at radius 3 is 0.360 bits per heavy atom. The fourth-order valence-electron chi connectivity index (χ4n) is 1.28. The standard InChI is InChI=1S/3C6H6O.6C4H10O.3C3H8O.3C3H7.3C2H6O.3C2H5.3CH4O.7Ti/c3*7-6-4-2-1-3-5-6;3*1-4(2,3)5;3*1-4(2)3-5;3*1-2-3-4;3*1-3-2;3*1-2-3;6*1-2;;;;;;;/h3*1-5,7H;3*5H,1-3H3;3*4-5H,3H2,1-2H3;3*4H,2-3H2,1H3;3*1,3H2,2H3;3*3H,2H2,1H3;3*1H2,2H3;3*2H,1H3;;;;;;;/q;;;;;;;;;;;;3*-1;;;;3*-1;;;;;;;;;;. The van der Waals surface area contributed by atoms with Crippen molar-refractivity contribution in [2.45, 2.75) is 242 Å². The van der Waals surface area contributed by atoms with Crippen LogP contribution in [0.4, 0.5) is 0 Å². The molecule has 3 aromatic carbocycles. The summed E-state index contributed by atoms with van der Waals surface area (Å²) in [7, 11) is 3.00. The van der Waals surface area contributed by atoms with Crippen LogP contribution in [-0.4, -0.2) is 190 Å². The van der Waals surface area contributed by atoms with E-state index >= 15 is 0 Å². The Balaban J connectivity index is -0.0000000210. The van der Waals surface area contributed by atoms with Gasteiger partial charge in [-0.1, -0.05) is 138 Å². The number of rotatable bonds is 6. The number of phenols is 3. The molecule has 0 saturated heterocycles. The second-order valence-corrected chi connectivity index (χ2v) is 19.9. The fraction of sp³-hybridized carbons (Fsp3) is 0.680. The van der Waals surface area contributed by atoms with Crippen LogP contribution in [0.2, 0.25) is 0 Å². The van der Waals surface area contributed by atoms with Gasteiger partial charge in [0.1, 0.15) is 17.2 Å². The molecule has 0 aliphatic heterocycles. The number of benzene rings is 3. The Kier molecular flexibility index (Phi) is 414. The molecule has 0 heterocycles. The molecule has 18 nitrogen and oxygen atoms in total. The zero-order valence-corrected chi connectivity index (χ0v) is 80.7. The summed E-state index contributed by atoms with van der Waals surface area (Å²) in [4.78, 5) is 0. The van der Waals surface area contributed by atoms with Gasteiger partial charge in [-0.2, -0.15) is 40.0 Å². The summed E-state index contributed by atoms with van der Waals surface area (Å²) in [5, 5.41) is 143. The third-order valence-electron chi connectivity index (χ3n) is 4.03. The monoisotopic (exact) mass is 1690 g/mol. The molecule has 0 aliphatic carbocycles. The van der Waals surface area contributed by atoms with Crippen LogP contribution < -0.4 is 0 Å². The van der Waals surface area contributed by atoms with Crippen molar-refractivity contribution in [1.29, 1.82) is 0 Å². The van der Waals surface area contributed by atoms with Crippen molar-refractivity contribution in [3.8, 4) is 17.2 Å². The molecule has 610 valence electrons. The minimum Gasteiger partial charge on any atom is -0.508 e. The average molecular weight is 1690 g/mol. The second-order valence-electron chi connectivity index (χ2n) is 19.9. The van der Waals surface area contributed by atoms with E-state index in [1.54, 1.807) is 177 Å². The topological polar surface area (TPSA) is 364 Å². The normalized spacial score (nSPS) is 7.38. The summed E-state index contributed by atoms with van der Waals surface area (Å²) in [5.41, 5.74) is -1.50. The average Bonchev–Trinajstić information content (AvgIpc) is 3.69. The van der Waals surface area contributed by atoms with Crippen molar-refractivity contribution in [3.63, 3.8) is 0 Å². The van der Waals surface area contributed by atoms with E-state index in [2.05, 4.69) is 41.5 Å². The van der Waals surface area contributed by atoms with E-state index in [-0.39, 0.29) is 172 Å². The molecular weight excluding hydrogens is 1520 g/mol. The van der Waals surface area contributed by atoms with Gasteiger partial charge in [0.15, 0.2) is 0 Å². The number of para-hydroxylation sites is 3. The van der Waals surface area contributed by atoms with Gasteiger partial charge in [0.25, 0.3) is 0 Å². The van der Waals surface area contributed by atoms with Crippen molar-refractivity contribution in [3.05, 3.63) is 133 Å². The molecule has 0 saturated carbocycles. The van der Waals surface area contributed by atoms with Gasteiger partial charge in [0.05, 0.1) is 16.8 Å². The van der Waals surface area contributed by atoms with Crippen LogP contribution in [0, 0.1) is 59.3 Å². The van der Waals surface area contributed by atoms with Gasteiger partial charge in [-0.05, 0) is 156 Å². The van der Waals surface area contributed by atoms with Gasteiger partial charge in [-0.25, -0.2) is 0 Å². The molecule has 3 aromatic rings. The first-order valence-corrected chi connectivity index (χ1v) is 31.9. The number of aromatic hydroxyl groups is 3. The molecule has 0 aliphatic rings. The van der Waals surface area contributed by atoms with E-state index in [4.69, 9.17) is 91.9 Å². The van der Waals surface area contributed by atoms with Crippen LogP contribution in [0.3, 0.4) is 0 Å². The van der Waals surface area contributed by atoms with Gasteiger partial charge in [-0.15, -0.1) is 0 Å². The molecule has 0 atom stereocenters. The molecule has 0 radical (unpaired) electrons. The Bertz CT molecular complexity index is 1100. The number of aliphatic hydroxyl groups excluding tert-OH is 12. The van der Waals surface area contributed by atoms with E-state index in [0.717, 1.165) is 59.9 Å². The van der Waals surface area contributed by atoms with Gasteiger partial charge in [0, 0.05) is 233 Å². The first kappa shape index (κ1) is 190. The maximum absolute atomic E-state index is 8.63. The molecule has 0 unspecified atom stereocenters. The molecule has 25 heteroatoms. The third kappa shape index (κ3) is 812. The first-order valence-electron chi connectivity index (χ1n) is 31.9. The molecule has 0 spiro atoms. The Morgan fingerprint density at radius 2 is 0.340 bits per heavy atom. The number of aliphatic hydroxyl groups is 15. The molecule has 18 N–H and O–H groups in total. The summed E-state index contributed by atoms with van der Waals surface area (Å²) in [5.74, 6) is 2.28. The molecule has 0 amide bonds. The van der Waals surface area contributed by atoms with E-state index in [9.17, 15) is 0 Å². The Hall–Kier alpha value is 1.46. The van der Waals surface area contributed by atoms with Crippen molar-refractivity contribution < 1.29 is 244 Å². The third-order valence-corrected chi connectivity index (χ3v) is 4.03. The molecule has 100 heavy (non-hydrogen) atoms. The predicted molar refractivity (Wildman–Crippen MR) is 411 cm³/mol. The molecular formula is C75H168O18Ti7-6. The van der Waals surface area contributed by atoms with E-state index in [1.165, 1.54) is 0 Å². The zero-order valence-electron chi connectivity index (χ0n) is 69.8. The van der Waals surface area contributed by atoms with E-state index in [1.807, 2.05) is 101 Å². The zero-order chi connectivity index (χ0) is 80.2. The summed E-state index contributed by atoms with van der Waals surface area (Å²) in [6.45, 7) is 72.5. The van der Waals surface area contributed by atoms with Crippen LogP contribution in [0.1, 0.15) is 225 Å². The van der Waals surface area contributed by atoms with Crippen molar-refractivity contribution in [2.24, 2.45) is 17.8 Å². The van der Waals surface area contributed by atoms with Crippen molar-refractivity contribution in [2.75, 3.05) is 80.8 Å². The summed E-state index contributed by atoms with van der Waals surface area (Å²) < 4.78 is 0. The second kappa shape index (κ2) is 218. The molecule has 0 bridgehead atoms. The maximum Gasteiger partial charge on any atom is 0.115 e. The molecule has 0 fully saturated rings. The van der Waals surface area contributed by atoms with Crippen LogP contribution in [-0.2, 0) is 152 Å². The van der Waals surface area contributed by atoms with Gasteiger partial charge >= 0.3 is 0 Å². The van der Waals surface area contributed by atoms with Crippen LogP contribution >= 0.6 is 0 Å². The SMILES string of the molecule is CC(C)(C)O.CC(C)(C)O.CC(C)(C)O.CC(C)CO.CC(C)CO.CC(C)CO.CCCO.CCCO.CCCO.CCO.CCO.CCO.CO.CO.CO.Oc1ccccc1.Oc1ccccc1.Oc1ccccc1.[CH2-]C.[CH2-]C.[CH2-]C.[CH2-]CC.[CH2-]CC.[CH2-]CC.[Ti].[Ti].[Ti].[Ti].[Ti].[Ti].[Ti]. The predicted octanol–water partition coefficient (Wildman–Crippen LogP) is 14.6. The number of hydrogen-bond acceptors (Lipinski definition) is 18. The minimum atomic E-state index is -0.500. The number of hydrogen-bond donors (Lipinski definition) is 18. The Morgan fingerprint density at radius 1 is 0.280 bits per heavy atom. The fourth-order valence-corrected chi connectivity index (χ4v) is 1.28. The van der Waals surface area contributed by atoms with Crippen LogP contribution in [0.5, 0.6) is 17.2 Å². The largest absolute Gasteiger partial charge is 0.508 e. The van der Waals surface area contributed by atoms with Gasteiger partial charge < -0.3 is 133 Å². The van der Waals surface area contributed by atoms with Crippen LogP contribution in [0.25, 0.3) is 0 Å². The van der Waals surface area contributed by atoms with Crippen molar-refractivity contribution >= 4 is 0 Å². The molecule has 3 rings (SSSR count). The Labute approximate surface area is 727 Å². The molecule has 0 aromatic heterocycles.